The van der Waals surface area contributed by atoms with Gasteiger partial charge in [0.25, 0.3) is 0 Å². The Balaban J connectivity index is 1.54. The average Bonchev–Trinajstić information content (AvgIpc) is 3.25. The van der Waals surface area contributed by atoms with Crippen LogP contribution in [0.5, 0.6) is 5.75 Å². The fourth-order valence-corrected chi connectivity index (χ4v) is 4.01. The number of anilines is 3. The van der Waals surface area contributed by atoms with Crippen LogP contribution in [0.4, 0.5) is 30.6 Å². The minimum Gasteiger partial charge on any atom is -0.496 e. The topological polar surface area (TPSA) is 97.2 Å². The fraction of sp³-hybridized carbons (Fsp3) is 0.391. The number of rotatable bonds is 6. The summed E-state index contributed by atoms with van der Waals surface area (Å²) in [5.74, 6) is -0.146. The van der Waals surface area contributed by atoms with E-state index in [2.05, 4.69) is 25.7 Å². The number of halogens is 3. The number of nitrogens with one attached hydrogen (secondary N) is 2. The number of carbonyl (C=O) groups excluding carboxylic acids is 1. The minimum absolute atomic E-state index is 0.0134. The number of alkyl halides is 3. The Morgan fingerprint density at radius 1 is 1.20 bits per heavy atom. The summed E-state index contributed by atoms with van der Waals surface area (Å²) in [7, 11) is 3.41. The normalized spacial score (nSPS) is 14.6. The van der Waals surface area contributed by atoms with Gasteiger partial charge in [-0.15, -0.1) is 0 Å². The summed E-state index contributed by atoms with van der Waals surface area (Å²) < 4.78 is 45.3. The summed E-state index contributed by atoms with van der Waals surface area (Å²) in [6, 6.07) is 5.45. The van der Waals surface area contributed by atoms with Crippen molar-refractivity contribution in [2.24, 2.45) is 7.05 Å². The molecule has 0 spiro atoms. The number of nitrogens with zero attached hydrogens (tertiary/aromatic N) is 5. The zero-order valence-electron chi connectivity index (χ0n) is 19.6. The number of aryl methyl sites for hydroxylation is 2. The van der Waals surface area contributed by atoms with E-state index in [4.69, 9.17) is 4.74 Å². The number of benzene rings is 1. The number of ether oxygens (including phenoxy) is 1. The largest absolute Gasteiger partial charge is 0.496 e. The molecule has 3 aromatic rings. The highest BCUT2D eigenvalue weighted by molar-refractivity contribution is 5.82. The Hall–Kier alpha value is -3.83. The highest BCUT2D eigenvalue weighted by Gasteiger charge is 2.43. The monoisotopic (exact) mass is 489 g/mol. The molecule has 1 aromatic carbocycles. The second kappa shape index (κ2) is 9.80. The maximum atomic E-state index is 12.8. The van der Waals surface area contributed by atoms with E-state index in [1.54, 1.807) is 31.2 Å². The second-order valence-corrected chi connectivity index (χ2v) is 8.38. The molecule has 12 heteroatoms. The van der Waals surface area contributed by atoms with E-state index in [1.807, 2.05) is 31.3 Å². The molecule has 2 N–H and O–H groups in total. The van der Waals surface area contributed by atoms with Gasteiger partial charge in [-0.25, -0.2) is 4.98 Å². The van der Waals surface area contributed by atoms with Gasteiger partial charge in [-0.2, -0.15) is 23.3 Å². The van der Waals surface area contributed by atoms with Gasteiger partial charge in [-0.1, -0.05) is 0 Å². The van der Waals surface area contributed by atoms with Crippen molar-refractivity contribution < 1.29 is 22.7 Å². The van der Waals surface area contributed by atoms with E-state index in [9.17, 15) is 18.0 Å². The second-order valence-electron chi connectivity index (χ2n) is 8.38. The van der Waals surface area contributed by atoms with E-state index >= 15 is 0 Å². The Morgan fingerprint density at radius 3 is 2.54 bits per heavy atom. The van der Waals surface area contributed by atoms with Crippen molar-refractivity contribution in [3.63, 3.8) is 0 Å². The summed E-state index contributed by atoms with van der Waals surface area (Å²) in [5.41, 5.74) is 3.24. The van der Waals surface area contributed by atoms with Crippen molar-refractivity contribution in [2.75, 3.05) is 30.8 Å². The Morgan fingerprint density at radius 2 is 1.94 bits per heavy atom. The van der Waals surface area contributed by atoms with Crippen LogP contribution in [0.3, 0.4) is 0 Å². The molecule has 0 unspecified atom stereocenters. The fourth-order valence-electron chi connectivity index (χ4n) is 4.01. The first kappa shape index (κ1) is 24.3. The molecule has 0 aliphatic carbocycles. The van der Waals surface area contributed by atoms with Gasteiger partial charge in [0.1, 0.15) is 11.6 Å². The van der Waals surface area contributed by atoms with Crippen LogP contribution in [0.2, 0.25) is 0 Å². The minimum atomic E-state index is -4.86. The van der Waals surface area contributed by atoms with Crippen LogP contribution in [0.25, 0.3) is 11.1 Å². The van der Waals surface area contributed by atoms with Crippen molar-refractivity contribution in [1.29, 1.82) is 0 Å². The maximum Gasteiger partial charge on any atom is 0.471 e. The molecule has 4 rings (SSSR count). The van der Waals surface area contributed by atoms with Crippen molar-refractivity contribution in [2.45, 2.75) is 32.0 Å². The first-order valence-electron chi connectivity index (χ1n) is 11.0. The summed E-state index contributed by atoms with van der Waals surface area (Å²) in [5, 5.41) is 10.7. The zero-order valence-corrected chi connectivity index (χ0v) is 19.6. The van der Waals surface area contributed by atoms with Gasteiger partial charge in [0, 0.05) is 55.4 Å². The molecule has 186 valence electrons. The first-order chi connectivity index (χ1) is 16.6. The van der Waals surface area contributed by atoms with Crippen LogP contribution < -0.4 is 15.4 Å². The van der Waals surface area contributed by atoms with Crippen LogP contribution in [0, 0.1) is 6.92 Å². The van der Waals surface area contributed by atoms with Gasteiger partial charge in [0.05, 0.1) is 13.3 Å². The quantitative estimate of drug-likeness (QED) is 0.542. The van der Waals surface area contributed by atoms with Crippen molar-refractivity contribution in [3.8, 4) is 16.9 Å². The van der Waals surface area contributed by atoms with Gasteiger partial charge in [-0.05, 0) is 43.5 Å². The SMILES string of the molecule is COc1ccc(Nc2ncc(-c3cnn(C)c3)c(NC3CCN(C(=O)C(F)(F)F)CC3)n2)cc1C. The molecule has 35 heavy (non-hydrogen) atoms. The van der Waals surface area contributed by atoms with Crippen molar-refractivity contribution in [1.82, 2.24) is 24.6 Å². The molecule has 0 atom stereocenters. The van der Waals surface area contributed by atoms with Crippen molar-refractivity contribution in [3.05, 3.63) is 42.4 Å². The molecule has 1 amide bonds. The third-order valence-corrected chi connectivity index (χ3v) is 5.82. The number of likely N-dealkylation sites (tertiary alicyclic amines) is 1. The molecule has 0 bridgehead atoms. The lowest BCUT2D eigenvalue weighted by Gasteiger charge is -2.33. The van der Waals surface area contributed by atoms with E-state index in [0.717, 1.165) is 27.5 Å². The lowest BCUT2D eigenvalue weighted by molar-refractivity contribution is -0.186. The molecule has 9 nitrogen and oxygen atoms in total. The Bertz CT molecular complexity index is 1200. The molecule has 2 aromatic heterocycles. The Kier molecular flexibility index (Phi) is 6.81. The van der Waals surface area contributed by atoms with E-state index in [-0.39, 0.29) is 19.1 Å². The molecule has 0 radical (unpaired) electrons. The molecular weight excluding hydrogens is 463 g/mol. The van der Waals surface area contributed by atoms with Crippen LogP contribution in [0.1, 0.15) is 18.4 Å². The number of hydrogen-bond donors (Lipinski definition) is 2. The molecule has 1 aliphatic rings. The number of amides is 1. The number of methoxy groups -OCH3 is 1. The first-order valence-corrected chi connectivity index (χ1v) is 11.0. The highest BCUT2D eigenvalue weighted by Crippen LogP contribution is 2.30. The van der Waals surface area contributed by atoms with Gasteiger partial charge in [0.2, 0.25) is 5.95 Å². The standard InChI is InChI=1S/C23H26F3N7O2/c1-14-10-17(4-5-19(14)35-3)30-22-27-12-18(15-11-28-32(2)13-15)20(31-22)29-16-6-8-33(9-7-16)21(34)23(24,25)26/h4-5,10-13,16H,6-9H2,1-3H3,(H2,27,29,30,31). The van der Waals surface area contributed by atoms with E-state index in [1.165, 1.54) is 0 Å². The molecular formula is C23H26F3N7O2. The summed E-state index contributed by atoms with van der Waals surface area (Å²) in [4.78, 5) is 21.5. The van der Waals surface area contributed by atoms with Gasteiger partial charge in [-0.3, -0.25) is 9.48 Å². The number of carbonyl (C=O) groups is 1. The lowest BCUT2D eigenvalue weighted by atomic mass is 10.0. The summed E-state index contributed by atoms with van der Waals surface area (Å²) in [6.45, 7) is 1.96. The molecule has 1 aliphatic heterocycles. The van der Waals surface area contributed by atoms with Crippen LogP contribution >= 0.6 is 0 Å². The molecule has 3 heterocycles. The Labute approximate surface area is 200 Å². The molecule has 1 saturated heterocycles. The number of hydrogen-bond acceptors (Lipinski definition) is 7. The van der Waals surface area contributed by atoms with Gasteiger partial charge in [0.15, 0.2) is 0 Å². The predicted molar refractivity (Wildman–Crippen MR) is 125 cm³/mol. The number of piperidine rings is 1. The van der Waals surface area contributed by atoms with Crippen LogP contribution in [-0.4, -0.2) is 63.0 Å². The van der Waals surface area contributed by atoms with E-state index < -0.39 is 12.1 Å². The maximum absolute atomic E-state index is 12.8. The smallest absolute Gasteiger partial charge is 0.471 e. The van der Waals surface area contributed by atoms with Crippen LogP contribution in [0.15, 0.2) is 36.8 Å². The lowest BCUT2D eigenvalue weighted by Crippen LogP contribution is -2.47. The van der Waals surface area contributed by atoms with Gasteiger partial charge < -0.3 is 20.3 Å². The predicted octanol–water partition coefficient (Wildman–Crippen LogP) is 3.90. The molecule has 1 fully saturated rings. The van der Waals surface area contributed by atoms with Gasteiger partial charge >= 0.3 is 12.1 Å². The zero-order chi connectivity index (χ0) is 25.2. The number of aromatic nitrogens is 4. The average molecular weight is 490 g/mol. The third-order valence-electron chi connectivity index (χ3n) is 5.82. The molecule has 0 saturated carbocycles. The van der Waals surface area contributed by atoms with Crippen LogP contribution in [-0.2, 0) is 11.8 Å². The third kappa shape index (κ3) is 5.64. The summed E-state index contributed by atoms with van der Waals surface area (Å²) in [6.07, 6.45) is 1.05. The van der Waals surface area contributed by atoms with Crippen molar-refractivity contribution >= 4 is 23.4 Å². The summed E-state index contributed by atoms with van der Waals surface area (Å²) >= 11 is 0. The highest BCUT2D eigenvalue weighted by atomic mass is 19.4. The van der Waals surface area contributed by atoms with E-state index in [0.29, 0.717) is 30.2 Å².